The molecule has 0 saturated heterocycles. The van der Waals surface area contributed by atoms with Gasteiger partial charge < -0.3 is 14.3 Å². The van der Waals surface area contributed by atoms with E-state index in [1.165, 1.54) is 0 Å². The third-order valence-corrected chi connectivity index (χ3v) is 2.70. The first-order valence-electron chi connectivity index (χ1n) is 5.52. The van der Waals surface area contributed by atoms with E-state index in [1.54, 1.807) is 6.26 Å². The highest BCUT2D eigenvalue weighted by molar-refractivity contribution is 5.02. The molecule has 16 heavy (non-hydrogen) atoms. The van der Waals surface area contributed by atoms with E-state index in [0.717, 1.165) is 24.7 Å². The molecule has 4 heteroatoms. The smallest absolute Gasteiger partial charge is 0.120 e. The molecule has 2 rings (SSSR count). The molecule has 1 N–H and O–H groups in total. The van der Waals surface area contributed by atoms with Crippen LogP contribution in [0.2, 0.25) is 0 Å². The van der Waals surface area contributed by atoms with Gasteiger partial charge in [0.2, 0.25) is 0 Å². The summed E-state index contributed by atoms with van der Waals surface area (Å²) in [6.07, 6.45) is 5.52. The van der Waals surface area contributed by atoms with Crippen LogP contribution in [0, 0.1) is 6.92 Å². The summed E-state index contributed by atoms with van der Waals surface area (Å²) in [4.78, 5) is 4.18. The number of aryl methyl sites for hydroxylation is 1. The molecule has 0 aliphatic carbocycles. The highest BCUT2D eigenvalue weighted by Crippen LogP contribution is 2.11. The molecular formula is C12H17N3O. The van der Waals surface area contributed by atoms with E-state index in [4.69, 9.17) is 4.42 Å². The zero-order valence-electron chi connectivity index (χ0n) is 9.68. The number of hydrogen-bond donors (Lipinski definition) is 1. The lowest BCUT2D eigenvalue weighted by molar-refractivity contribution is 0.423. The summed E-state index contributed by atoms with van der Waals surface area (Å²) in [5.41, 5.74) is 0. The zero-order valence-corrected chi connectivity index (χ0v) is 9.68. The molecule has 0 spiro atoms. The first-order valence-corrected chi connectivity index (χ1v) is 5.52. The maximum absolute atomic E-state index is 5.33. The van der Waals surface area contributed by atoms with Gasteiger partial charge in [0.25, 0.3) is 0 Å². The lowest BCUT2D eigenvalue weighted by atomic mass is 10.2. The van der Waals surface area contributed by atoms with Gasteiger partial charge in [-0.1, -0.05) is 0 Å². The van der Waals surface area contributed by atoms with Crippen molar-refractivity contribution >= 4 is 0 Å². The predicted octanol–water partition coefficient (Wildman–Crippen LogP) is 2.14. The number of aromatic nitrogens is 2. The second-order valence-corrected chi connectivity index (χ2v) is 3.86. The van der Waals surface area contributed by atoms with Crippen LogP contribution in [0.5, 0.6) is 0 Å². The molecule has 2 heterocycles. The molecular weight excluding hydrogens is 202 g/mol. The molecule has 2 aromatic rings. The van der Waals surface area contributed by atoms with Gasteiger partial charge >= 0.3 is 0 Å². The minimum Gasteiger partial charge on any atom is -0.468 e. The van der Waals surface area contributed by atoms with Crippen LogP contribution in [-0.4, -0.2) is 16.1 Å². The van der Waals surface area contributed by atoms with Crippen LogP contribution in [0.15, 0.2) is 35.2 Å². The molecule has 0 bridgehead atoms. The predicted molar refractivity (Wildman–Crippen MR) is 62.1 cm³/mol. The number of imidazole rings is 1. The second kappa shape index (κ2) is 4.99. The van der Waals surface area contributed by atoms with Crippen molar-refractivity contribution in [1.82, 2.24) is 14.9 Å². The van der Waals surface area contributed by atoms with Crippen molar-refractivity contribution in [3.63, 3.8) is 0 Å². The van der Waals surface area contributed by atoms with Crippen LogP contribution in [0.4, 0.5) is 0 Å². The van der Waals surface area contributed by atoms with Gasteiger partial charge in [0, 0.05) is 25.5 Å². The van der Waals surface area contributed by atoms with Gasteiger partial charge in [-0.3, -0.25) is 0 Å². The highest BCUT2D eigenvalue weighted by atomic mass is 16.3. The van der Waals surface area contributed by atoms with E-state index in [2.05, 4.69) is 21.8 Å². The molecule has 0 aliphatic heterocycles. The van der Waals surface area contributed by atoms with E-state index < -0.39 is 0 Å². The van der Waals surface area contributed by atoms with Crippen molar-refractivity contribution < 1.29 is 4.42 Å². The fourth-order valence-corrected chi connectivity index (χ4v) is 1.68. The van der Waals surface area contributed by atoms with Crippen molar-refractivity contribution in [2.24, 2.45) is 0 Å². The maximum atomic E-state index is 5.33. The summed E-state index contributed by atoms with van der Waals surface area (Å²) >= 11 is 0. The Morgan fingerprint density at radius 2 is 2.44 bits per heavy atom. The number of hydrogen-bond acceptors (Lipinski definition) is 3. The molecule has 2 aromatic heterocycles. The van der Waals surface area contributed by atoms with E-state index >= 15 is 0 Å². The average Bonchev–Trinajstić information content (AvgIpc) is 2.90. The Labute approximate surface area is 95.3 Å². The van der Waals surface area contributed by atoms with Crippen LogP contribution in [0.1, 0.15) is 24.6 Å². The van der Waals surface area contributed by atoms with Gasteiger partial charge in [0.15, 0.2) is 0 Å². The molecule has 1 atom stereocenters. The fourth-order valence-electron chi connectivity index (χ4n) is 1.68. The van der Waals surface area contributed by atoms with E-state index in [1.807, 2.05) is 31.5 Å². The summed E-state index contributed by atoms with van der Waals surface area (Å²) in [5.74, 6) is 2.02. The fraction of sp³-hybridized carbons (Fsp3) is 0.417. The minimum atomic E-state index is 0.249. The minimum absolute atomic E-state index is 0.249. The quantitative estimate of drug-likeness (QED) is 0.837. The van der Waals surface area contributed by atoms with Gasteiger partial charge in [-0.05, 0) is 26.0 Å². The lowest BCUT2D eigenvalue weighted by Gasteiger charge is -2.12. The first-order chi connectivity index (χ1) is 7.77. The number of nitrogens with zero attached hydrogens (tertiary/aromatic N) is 2. The topological polar surface area (TPSA) is 43.0 Å². The number of nitrogens with one attached hydrogen (secondary N) is 1. The molecule has 86 valence electrons. The van der Waals surface area contributed by atoms with Crippen molar-refractivity contribution in [2.75, 3.05) is 6.54 Å². The van der Waals surface area contributed by atoms with Gasteiger partial charge in [-0.25, -0.2) is 4.98 Å². The van der Waals surface area contributed by atoms with E-state index in [0.29, 0.717) is 0 Å². The molecule has 0 amide bonds. The monoisotopic (exact) mass is 219 g/mol. The molecule has 0 aromatic carbocycles. The van der Waals surface area contributed by atoms with E-state index in [9.17, 15) is 0 Å². The summed E-state index contributed by atoms with van der Waals surface area (Å²) < 4.78 is 7.45. The second-order valence-electron chi connectivity index (χ2n) is 3.86. The van der Waals surface area contributed by atoms with Gasteiger partial charge in [-0.2, -0.15) is 0 Å². The van der Waals surface area contributed by atoms with Gasteiger partial charge in [0.05, 0.1) is 12.3 Å². The van der Waals surface area contributed by atoms with Crippen molar-refractivity contribution in [3.8, 4) is 0 Å². The Balaban J connectivity index is 1.78. The third-order valence-electron chi connectivity index (χ3n) is 2.70. The van der Waals surface area contributed by atoms with Crippen LogP contribution < -0.4 is 5.32 Å². The van der Waals surface area contributed by atoms with Crippen molar-refractivity contribution in [1.29, 1.82) is 0 Å². The molecule has 0 radical (unpaired) electrons. The molecule has 0 fully saturated rings. The first kappa shape index (κ1) is 11.0. The number of furan rings is 1. The summed E-state index contributed by atoms with van der Waals surface area (Å²) in [6.45, 7) is 5.94. The van der Waals surface area contributed by atoms with Gasteiger partial charge in [0.1, 0.15) is 11.6 Å². The van der Waals surface area contributed by atoms with Crippen LogP contribution in [0.3, 0.4) is 0 Å². The highest BCUT2D eigenvalue weighted by Gasteiger charge is 2.06. The number of rotatable bonds is 5. The third kappa shape index (κ3) is 2.52. The Morgan fingerprint density at radius 3 is 3.06 bits per heavy atom. The maximum Gasteiger partial charge on any atom is 0.120 e. The molecule has 0 unspecified atom stereocenters. The summed E-state index contributed by atoms with van der Waals surface area (Å²) in [5, 5.41) is 3.41. The molecule has 0 aliphatic rings. The summed E-state index contributed by atoms with van der Waals surface area (Å²) in [6, 6.07) is 4.15. The lowest BCUT2D eigenvalue weighted by Crippen LogP contribution is -2.23. The Bertz CT molecular complexity index is 419. The van der Waals surface area contributed by atoms with Gasteiger partial charge in [-0.15, -0.1) is 0 Å². The normalized spacial score (nSPS) is 12.9. The average molecular weight is 219 g/mol. The van der Waals surface area contributed by atoms with Crippen molar-refractivity contribution in [2.45, 2.75) is 26.4 Å². The van der Waals surface area contributed by atoms with E-state index in [-0.39, 0.29) is 6.04 Å². The molecule has 4 nitrogen and oxygen atoms in total. The largest absolute Gasteiger partial charge is 0.468 e. The standard InChI is InChI=1S/C12H17N3O/c1-10(12-4-3-9-16-12)13-5-7-15-8-6-14-11(15)2/h3-4,6,8-10,13H,5,7H2,1-2H3/t10-/m0/s1. The summed E-state index contributed by atoms with van der Waals surface area (Å²) in [7, 11) is 0. The van der Waals surface area contributed by atoms with Crippen molar-refractivity contribution in [3.05, 3.63) is 42.4 Å². The Morgan fingerprint density at radius 1 is 1.56 bits per heavy atom. The van der Waals surface area contributed by atoms with Crippen LogP contribution >= 0.6 is 0 Å². The zero-order chi connectivity index (χ0) is 11.4. The van der Waals surface area contributed by atoms with Crippen LogP contribution in [0.25, 0.3) is 0 Å². The Kier molecular flexibility index (Phi) is 3.41. The van der Waals surface area contributed by atoms with Crippen LogP contribution in [-0.2, 0) is 6.54 Å². The Hall–Kier alpha value is -1.55. The molecule has 0 saturated carbocycles. The SMILES string of the molecule is Cc1nccn1CCN[C@@H](C)c1ccco1.